The number of hydrazone groups is 1. The molecular weight excluding hydrogens is 419 g/mol. The van der Waals surface area contributed by atoms with Gasteiger partial charge in [-0.1, -0.05) is 11.6 Å². The first kappa shape index (κ1) is 16.6. The van der Waals surface area contributed by atoms with E-state index in [1.807, 2.05) is 22.6 Å². The first-order valence-electron chi connectivity index (χ1n) is 6.23. The summed E-state index contributed by atoms with van der Waals surface area (Å²) in [6, 6.07) is 11.7. The smallest absolute Gasteiger partial charge is 0.277 e. The van der Waals surface area contributed by atoms with Gasteiger partial charge in [0.25, 0.3) is 5.91 Å². The topological polar surface area (TPSA) is 70.9 Å². The van der Waals surface area contributed by atoms with Crippen LogP contribution in [0.4, 0.5) is 0 Å². The van der Waals surface area contributed by atoms with Crippen LogP contribution in [0.25, 0.3) is 0 Å². The van der Waals surface area contributed by atoms with E-state index in [9.17, 15) is 9.90 Å². The fraction of sp³-hybridized carbons (Fsp3) is 0.0667. The van der Waals surface area contributed by atoms with Crippen molar-refractivity contribution in [2.24, 2.45) is 5.10 Å². The Balaban J connectivity index is 1.80. The lowest BCUT2D eigenvalue weighted by molar-refractivity contribution is -0.123. The van der Waals surface area contributed by atoms with Crippen LogP contribution in [0, 0.1) is 3.57 Å². The second kappa shape index (κ2) is 8.00. The number of nitrogens with one attached hydrogen (secondary N) is 1. The lowest BCUT2D eigenvalue weighted by Gasteiger charge is -2.04. The number of phenolic OH excluding ortho intramolecular Hbond substituents is 1. The van der Waals surface area contributed by atoms with Gasteiger partial charge in [-0.15, -0.1) is 0 Å². The van der Waals surface area contributed by atoms with Gasteiger partial charge in [-0.2, -0.15) is 5.10 Å². The molecule has 0 heterocycles. The molecule has 1 amide bonds. The number of halogens is 2. The number of rotatable bonds is 5. The summed E-state index contributed by atoms with van der Waals surface area (Å²) in [4.78, 5) is 11.6. The number of hydrogen-bond donors (Lipinski definition) is 2. The maximum Gasteiger partial charge on any atom is 0.277 e. The average molecular weight is 431 g/mol. The van der Waals surface area contributed by atoms with E-state index in [1.54, 1.807) is 42.5 Å². The average Bonchev–Trinajstić information content (AvgIpc) is 2.50. The molecule has 114 valence electrons. The highest BCUT2D eigenvalue weighted by molar-refractivity contribution is 14.1. The van der Waals surface area contributed by atoms with Gasteiger partial charge in [-0.05, 0) is 70.6 Å². The highest BCUT2D eigenvalue weighted by Gasteiger charge is 2.02. The third kappa shape index (κ3) is 5.19. The van der Waals surface area contributed by atoms with E-state index in [2.05, 4.69) is 10.5 Å². The van der Waals surface area contributed by atoms with Crippen LogP contribution in [0.15, 0.2) is 47.6 Å². The minimum Gasteiger partial charge on any atom is -0.507 e. The van der Waals surface area contributed by atoms with Crippen molar-refractivity contribution in [3.8, 4) is 11.5 Å². The summed E-state index contributed by atoms with van der Waals surface area (Å²) in [7, 11) is 0. The van der Waals surface area contributed by atoms with Crippen molar-refractivity contribution >= 4 is 46.3 Å². The van der Waals surface area contributed by atoms with E-state index < -0.39 is 0 Å². The van der Waals surface area contributed by atoms with Crippen molar-refractivity contribution in [3.63, 3.8) is 0 Å². The molecule has 0 aliphatic heterocycles. The molecule has 0 aromatic heterocycles. The zero-order chi connectivity index (χ0) is 15.9. The Morgan fingerprint density at radius 1 is 1.32 bits per heavy atom. The standard InChI is InChI=1S/C15H12ClIN2O3/c16-11-2-4-12(5-3-11)22-9-15(21)19-18-8-10-1-6-14(20)13(17)7-10/h1-8,20H,9H2,(H,19,21). The SMILES string of the molecule is O=C(COc1ccc(Cl)cc1)NN=Cc1ccc(O)c(I)c1. The third-order valence-corrected chi connectivity index (χ3v) is 3.67. The molecule has 7 heteroatoms. The normalized spacial score (nSPS) is 10.6. The van der Waals surface area contributed by atoms with Crippen LogP contribution in [0.3, 0.4) is 0 Å². The van der Waals surface area contributed by atoms with Crippen molar-refractivity contribution in [3.05, 3.63) is 56.6 Å². The Morgan fingerprint density at radius 2 is 2.05 bits per heavy atom. The Kier molecular flexibility index (Phi) is 6.02. The van der Waals surface area contributed by atoms with Crippen LogP contribution in [-0.2, 0) is 4.79 Å². The van der Waals surface area contributed by atoms with Crippen molar-refractivity contribution in [1.29, 1.82) is 0 Å². The van der Waals surface area contributed by atoms with Crippen LogP contribution < -0.4 is 10.2 Å². The molecule has 0 saturated heterocycles. The maximum absolute atomic E-state index is 11.6. The van der Waals surface area contributed by atoms with E-state index in [1.165, 1.54) is 6.21 Å². The maximum atomic E-state index is 11.6. The van der Waals surface area contributed by atoms with E-state index in [-0.39, 0.29) is 18.3 Å². The molecule has 0 spiro atoms. The van der Waals surface area contributed by atoms with Crippen molar-refractivity contribution in [2.75, 3.05) is 6.61 Å². The van der Waals surface area contributed by atoms with Gasteiger partial charge in [0.15, 0.2) is 6.61 Å². The van der Waals surface area contributed by atoms with E-state index in [0.29, 0.717) is 14.3 Å². The zero-order valence-corrected chi connectivity index (χ0v) is 14.2. The molecule has 2 rings (SSSR count). The van der Waals surface area contributed by atoms with Crippen LogP contribution in [0.1, 0.15) is 5.56 Å². The lowest BCUT2D eigenvalue weighted by atomic mass is 10.2. The third-order valence-electron chi connectivity index (χ3n) is 2.56. The molecule has 0 aliphatic rings. The predicted molar refractivity (Wildman–Crippen MR) is 93.5 cm³/mol. The minimum atomic E-state index is -0.375. The first-order chi connectivity index (χ1) is 10.5. The molecule has 0 radical (unpaired) electrons. The van der Waals surface area contributed by atoms with Crippen LogP contribution >= 0.6 is 34.2 Å². The number of aromatic hydroxyl groups is 1. The highest BCUT2D eigenvalue weighted by atomic mass is 127. The van der Waals surface area contributed by atoms with Crippen molar-refractivity contribution < 1.29 is 14.6 Å². The molecule has 2 aromatic carbocycles. The Hall–Kier alpha value is -1.80. The van der Waals surface area contributed by atoms with Gasteiger partial charge in [0, 0.05) is 5.02 Å². The largest absolute Gasteiger partial charge is 0.507 e. The Bertz CT molecular complexity index is 690. The number of carbonyl (C=O) groups excluding carboxylic acids is 1. The van der Waals surface area contributed by atoms with Crippen molar-refractivity contribution in [2.45, 2.75) is 0 Å². The first-order valence-corrected chi connectivity index (χ1v) is 7.69. The summed E-state index contributed by atoms with van der Waals surface area (Å²) < 4.78 is 5.99. The minimum absolute atomic E-state index is 0.147. The second-order valence-corrected chi connectivity index (χ2v) is 5.85. The molecule has 0 unspecified atom stereocenters. The molecular formula is C15H12ClIN2O3. The molecule has 0 saturated carbocycles. The fourth-order valence-corrected chi connectivity index (χ4v) is 2.16. The molecule has 0 fully saturated rings. The number of phenols is 1. The van der Waals surface area contributed by atoms with Gasteiger partial charge in [-0.3, -0.25) is 4.79 Å². The van der Waals surface area contributed by atoms with Crippen molar-refractivity contribution in [1.82, 2.24) is 5.43 Å². The van der Waals surface area contributed by atoms with Crippen LogP contribution in [-0.4, -0.2) is 23.8 Å². The lowest BCUT2D eigenvalue weighted by Crippen LogP contribution is -2.24. The van der Waals surface area contributed by atoms with Gasteiger partial charge < -0.3 is 9.84 Å². The summed E-state index contributed by atoms with van der Waals surface area (Å²) >= 11 is 7.76. The fourth-order valence-electron chi connectivity index (χ4n) is 1.49. The second-order valence-electron chi connectivity index (χ2n) is 4.25. The van der Waals surface area contributed by atoms with Crippen LogP contribution in [0.2, 0.25) is 5.02 Å². The number of ether oxygens (including phenoxy) is 1. The molecule has 5 nitrogen and oxygen atoms in total. The summed E-state index contributed by atoms with van der Waals surface area (Å²) in [5.41, 5.74) is 3.13. The van der Waals surface area contributed by atoms with Gasteiger partial charge in [0.2, 0.25) is 0 Å². The highest BCUT2D eigenvalue weighted by Crippen LogP contribution is 2.19. The summed E-state index contributed by atoms with van der Waals surface area (Å²) in [5, 5.41) is 13.8. The molecule has 0 atom stereocenters. The molecule has 0 bridgehead atoms. The zero-order valence-electron chi connectivity index (χ0n) is 11.3. The molecule has 0 aliphatic carbocycles. The number of carbonyl (C=O) groups is 1. The number of hydrogen-bond acceptors (Lipinski definition) is 4. The van der Waals surface area contributed by atoms with E-state index in [0.717, 1.165) is 5.56 Å². The van der Waals surface area contributed by atoms with Gasteiger partial charge in [0.1, 0.15) is 11.5 Å². The van der Waals surface area contributed by atoms with Gasteiger partial charge in [-0.25, -0.2) is 5.43 Å². The number of amides is 1. The summed E-state index contributed by atoms with van der Waals surface area (Å²) in [6.07, 6.45) is 1.49. The quantitative estimate of drug-likeness (QED) is 0.435. The number of benzene rings is 2. The van der Waals surface area contributed by atoms with E-state index in [4.69, 9.17) is 16.3 Å². The monoisotopic (exact) mass is 430 g/mol. The van der Waals surface area contributed by atoms with Gasteiger partial charge in [0.05, 0.1) is 9.78 Å². The molecule has 2 aromatic rings. The molecule has 2 N–H and O–H groups in total. The van der Waals surface area contributed by atoms with Crippen LogP contribution in [0.5, 0.6) is 11.5 Å². The van der Waals surface area contributed by atoms with Gasteiger partial charge >= 0.3 is 0 Å². The predicted octanol–water partition coefficient (Wildman–Crippen LogP) is 3.18. The Labute approximate surface area is 146 Å². The number of nitrogens with zero attached hydrogens (tertiary/aromatic N) is 1. The summed E-state index contributed by atoms with van der Waals surface area (Å²) in [6.45, 7) is -0.147. The van der Waals surface area contributed by atoms with E-state index >= 15 is 0 Å². The summed E-state index contributed by atoms with van der Waals surface area (Å²) in [5.74, 6) is 0.384. The molecule has 22 heavy (non-hydrogen) atoms. The Morgan fingerprint density at radius 3 is 2.73 bits per heavy atom.